The van der Waals surface area contributed by atoms with E-state index in [-0.39, 0.29) is 0 Å². The topological polar surface area (TPSA) is 0 Å². The number of rotatable bonds is 0. The molecule has 0 bridgehead atoms. The van der Waals surface area contributed by atoms with Crippen LogP contribution >= 0.6 is 23.2 Å². The Morgan fingerprint density at radius 1 is 1.30 bits per heavy atom. The van der Waals surface area contributed by atoms with Crippen molar-refractivity contribution < 1.29 is 0 Å². The Kier molecular flexibility index (Phi) is 2.21. The van der Waals surface area contributed by atoms with Gasteiger partial charge in [0.2, 0.25) is 0 Å². The number of halogens is 2. The van der Waals surface area contributed by atoms with E-state index in [0.717, 1.165) is 0 Å². The molecule has 0 unspecified atom stereocenters. The normalized spacial score (nSPS) is 8.90. The number of benzene rings is 1. The number of hydrogen-bond acceptors (Lipinski definition) is 0. The van der Waals surface area contributed by atoms with Crippen LogP contribution in [0.3, 0.4) is 0 Å². The molecule has 2 heteroatoms. The van der Waals surface area contributed by atoms with E-state index in [9.17, 15) is 0 Å². The second kappa shape index (κ2) is 2.96. The predicted octanol–water partition coefficient (Wildman–Crippen LogP) is 2.93. The van der Waals surface area contributed by atoms with Crippen molar-refractivity contribution in [2.24, 2.45) is 0 Å². The fourth-order valence-corrected chi connectivity index (χ4v) is 0.930. The van der Waals surface area contributed by atoms with Crippen LogP contribution in [-0.4, -0.2) is 0 Å². The average molecular weight is 170 g/mol. The van der Waals surface area contributed by atoms with Crippen LogP contribution in [0.1, 0.15) is 5.56 Å². The van der Waals surface area contributed by atoms with Gasteiger partial charge in [-0.25, -0.2) is 0 Å². The molecule has 0 aliphatic heterocycles. The molecule has 10 heavy (non-hydrogen) atoms. The molecule has 0 nitrogen and oxygen atoms in total. The van der Waals surface area contributed by atoms with Crippen molar-refractivity contribution in [2.45, 2.75) is 0 Å². The van der Waals surface area contributed by atoms with Gasteiger partial charge >= 0.3 is 0 Å². The second-order valence-corrected chi connectivity index (χ2v) is 2.59. The van der Waals surface area contributed by atoms with Gasteiger partial charge in [-0.15, -0.1) is 0 Å². The highest BCUT2D eigenvalue weighted by molar-refractivity contribution is 6.33. The molecule has 0 saturated heterocycles. The maximum absolute atomic E-state index is 6.79. The molecule has 0 aromatic heterocycles. The van der Waals surface area contributed by atoms with E-state index in [1.807, 2.05) is 0 Å². The second-order valence-electron chi connectivity index (χ2n) is 1.75. The Morgan fingerprint density at radius 3 is 2.50 bits per heavy atom. The van der Waals surface area contributed by atoms with Crippen molar-refractivity contribution in [3.05, 3.63) is 40.2 Å². The lowest BCUT2D eigenvalue weighted by atomic mass is 10.2. The van der Waals surface area contributed by atoms with Crippen molar-refractivity contribution in [1.29, 1.82) is 0 Å². The van der Waals surface area contributed by atoms with Gasteiger partial charge in [0.25, 0.3) is 0 Å². The van der Waals surface area contributed by atoms with Gasteiger partial charge < -0.3 is 0 Å². The van der Waals surface area contributed by atoms with Crippen molar-refractivity contribution in [2.75, 3.05) is 0 Å². The van der Waals surface area contributed by atoms with Crippen LogP contribution in [-0.2, 0) is 0 Å². The van der Waals surface area contributed by atoms with Crippen molar-refractivity contribution in [3.63, 3.8) is 0 Å². The predicted molar refractivity (Wildman–Crippen MR) is 42.7 cm³/mol. The molecule has 0 aliphatic carbocycles. The molecule has 1 radical (unpaired) electrons. The molecule has 0 spiro atoms. The third-order valence-electron chi connectivity index (χ3n) is 1.06. The van der Waals surface area contributed by atoms with Crippen molar-refractivity contribution >= 4 is 23.2 Å². The van der Waals surface area contributed by atoms with Gasteiger partial charge in [-0.05, 0) is 24.6 Å². The minimum atomic E-state index is 0.499. The molecule has 0 amide bonds. The molecular weight excluding hydrogens is 167 g/mol. The first-order valence-corrected chi connectivity index (χ1v) is 3.37. The monoisotopic (exact) mass is 169 g/mol. The lowest BCUT2D eigenvalue weighted by Crippen LogP contribution is -1.74. The fourth-order valence-electron chi connectivity index (χ4n) is 0.593. The summed E-state index contributed by atoms with van der Waals surface area (Å²) in [5, 5.41) is 1.07. The largest absolute Gasteiger partial charge is 0.0843 e. The zero-order valence-electron chi connectivity index (χ0n) is 4.99. The Hall–Kier alpha value is -0.640. The van der Waals surface area contributed by atoms with Gasteiger partial charge in [0.1, 0.15) is 0 Å². The lowest BCUT2D eigenvalue weighted by Gasteiger charge is -1.94. The van der Waals surface area contributed by atoms with Crippen LogP contribution in [0, 0.1) is 12.3 Å². The first-order chi connectivity index (χ1) is 4.74. The van der Waals surface area contributed by atoms with Gasteiger partial charge in [0.05, 0.1) is 5.02 Å². The average Bonchev–Trinajstić information content (AvgIpc) is 1.94. The van der Waals surface area contributed by atoms with Crippen LogP contribution in [0.2, 0.25) is 10.0 Å². The minimum Gasteiger partial charge on any atom is -0.0843 e. The molecule has 49 valence electrons. The summed E-state index contributed by atoms with van der Waals surface area (Å²) in [6, 6.07) is 4.91. The lowest BCUT2D eigenvalue weighted by molar-refractivity contribution is 1.64. The van der Waals surface area contributed by atoms with Gasteiger partial charge in [0.15, 0.2) is 0 Å². The molecular formula is C8H3Cl2. The molecule has 0 N–H and O–H groups in total. The quantitative estimate of drug-likeness (QED) is 0.525. The van der Waals surface area contributed by atoms with Gasteiger partial charge in [-0.3, -0.25) is 0 Å². The van der Waals surface area contributed by atoms with E-state index in [4.69, 9.17) is 29.6 Å². The Bertz CT molecular complexity index is 284. The Labute approximate surface area is 69.8 Å². The van der Waals surface area contributed by atoms with Crippen LogP contribution < -0.4 is 0 Å². The SMILES string of the molecule is [C]#Cc1cc(Cl)ccc1Cl. The molecule has 0 aliphatic rings. The third kappa shape index (κ3) is 1.44. The van der Waals surface area contributed by atoms with E-state index >= 15 is 0 Å². The highest BCUT2D eigenvalue weighted by Crippen LogP contribution is 2.18. The molecule has 0 saturated carbocycles. The zero-order valence-corrected chi connectivity index (χ0v) is 6.50. The standard InChI is InChI=1S/C8H3Cl2/c1-2-6-5-7(9)3-4-8(6)10/h3-5H. The smallest absolute Gasteiger partial charge is 0.0563 e. The molecule has 0 heterocycles. The minimum absolute atomic E-state index is 0.499. The summed E-state index contributed by atoms with van der Waals surface area (Å²) in [6.07, 6.45) is 6.79. The highest BCUT2D eigenvalue weighted by Gasteiger charge is 1.95. The summed E-state index contributed by atoms with van der Waals surface area (Å²) in [5.41, 5.74) is 0.522. The molecule has 1 aromatic carbocycles. The molecule has 1 aromatic rings. The van der Waals surface area contributed by atoms with Crippen molar-refractivity contribution in [1.82, 2.24) is 0 Å². The summed E-state index contributed by atoms with van der Waals surface area (Å²) in [5.74, 6) is 2.17. The molecule has 0 atom stereocenters. The summed E-state index contributed by atoms with van der Waals surface area (Å²) in [4.78, 5) is 0. The highest BCUT2D eigenvalue weighted by atomic mass is 35.5. The van der Waals surface area contributed by atoms with Crippen LogP contribution in [0.5, 0.6) is 0 Å². The van der Waals surface area contributed by atoms with E-state index in [0.29, 0.717) is 15.6 Å². The van der Waals surface area contributed by atoms with Gasteiger partial charge in [-0.2, -0.15) is 0 Å². The van der Waals surface area contributed by atoms with Gasteiger partial charge in [-0.1, -0.05) is 29.1 Å². The van der Waals surface area contributed by atoms with Gasteiger partial charge in [0, 0.05) is 10.6 Å². The van der Waals surface area contributed by atoms with E-state index in [2.05, 4.69) is 5.92 Å². The Morgan fingerprint density at radius 2 is 2.00 bits per heavy atom. The zero-order chi connectivity index (χ0) is 7.56. The summed E-state index contributed by atoms with van der Waals surface area (Å²) in [6.45, 7) is 0. The Balaban J connectivity index is 3.25. The fraction of sp³-hybridized carbons (Fsp3) is 0. The first kappa shape index (κ1) is 7.47. The molecule has 1 rings (SSSR count). The van der Waals surface area contributed by atoms with E-state index < -0.39 is 0 Å². The maximum atomic E-state index is 6.79. The summed E-state index contributed by atoms with van der Waals surface area (Å²) < 4.78 is 0. The van der Waals surface area contributed by atoms with Crippen LogP contribution in [0.4, 0.5) is 0 Å². The van der Waals surface area contributed by atoms with E-state index in [1.165, 1.54) is 0 Å². The van der Waals surface area contributed by atoms with E-state index in [1.54, 1.807) is 18.2 Å². The van der Waals surface area contributed by atoms with Crippen LogP contribution in [0.25, 0.3) is 0 Å². The third-order valence-corrected chi connectivity index (χ3v) is 1.63. The summed E-state index contributed by atoms with van der Waals surface area (Å²) >= 11 is 11.3. The van der Waals surface area contributed by atoms with Crippen LogP contribution in [0.15, 0.2) is 18.2 Å². The first-order valence-electron chi connectivity index (χ1n) is 2.62. The van der Waals surface area contributed by atoms with Crippen molar-refractivity contribution in [3.8, 4) is 5.92 Å². The maximum Gasteiger partial charge on any atom is 0.0563 e. The summed E-state index contributed by atoms with van der Waals surface area (Å²) in [7, 11) is 0. The number of hydrogen-bond donors (Lipinski definition) is 0. The molecule has 0 fully saturated rings.